The lowest BCUT2D eigenvalue weighted by Crippen LogP contribution is -2.61. The summed E-state index contributed by atoms with van der Waals surface area (Å²) in [6, 6.07) is -1.33. The highest BCUT2D eigenvalue weighted by molar-refractivity contribution is 5.98. The predicted octanol–water partition coefficient (Wildman–Crippen LogP) is 2.88. The maximum atomic E-state index is 13.5. The van der Waals surface area contributed by atoms with Crippen LogP contribution < -0.4 is 10.4 Å². The molecule has 1 atom stereocenters. The highest BCUT2D eigenvalue weighted by atomic mass is 16.4. The fraction of sp³-hybridized carbons (Fsp3) is 0.857. The Bertz CT molecular complexity index is 540. The number of likely N-dealkylation sites (N-methyl/N-ethyl adjacent to an activating group) is 1. The molecule has 0 aromatic carbocycles. The lowest BCUT2D eigenvalue weighted by atomic mass is 9.92. The zero-order chi connectivity index (χ0) is 20.7. The van der Waals surface area contributed by atoms with Gasteiger partial charge in [-0.3, -0.25) is 9.69 Å². The molecule has 2 saturated carbocycles. The normalized spacial score (nSPS) is 19.9. The first-order valence-corrected chi connectivity index (χ1v) is 11.0. The van der Waals surface area contributed by atoms with Crippen molar-refractivity contribution in [3.8, 4) is 0 Å². The van der Waals surface area contributed by atoms with Crippen LogP contribution in [0.3, 0.4) is 0 Å². The number of urea groups is 1. The molecule has 160 valence electrons. The second kappa shape index (κ2) is 10.7. The average Bonchev–Trinajstić information content (AvgIpc) is 2.67. The summed E-state index contributed by atoms with van der Waals surface area (Å²) in [5.74, 6) is -0.666. The van der Waals surface area contributed by atoms with E-state index in [0.29, 0.717) is 0 Å². The summed E-state index contributed by atoms with van der Waals surface area (Å²) in [7, 11) is 0. The van der Waals surface area contributed by atoms with Crippen LogP contribution in [0.4, 0.5) is 9.59 Å². The minimum atomic E-state index is -1.37. The highest BCUT2D eigenvalue weighted by Crippen LogP contribution is 2.26. The van der Waals surface area contributed by atoms with Crippen molar-refractivity contribution in [2.45, 2.75) is 103 Å². The summed E-state index contributed by atoms with van der Waals surface area (Å²) in [6.45, 7) is 5.46. The molecule has 1 N–H and O–H groups in total. The molecular weight excluding hydrogens is 358 g/mol. The van der Waals surface area contributed by atoms with Gasteiger partial charge in [-0.25, -0.2) is 4.79 Å². The third kappa shape index (κ3) is 5.61. The average molecular weight is 395 g/mol. The molecule has 0 saturated heterocycles. The van der Waals surface area contributed by atoms with Crippen molar-refractivity contribution in [3.63, 3.8) is 0 Å². The number of nitrogens with zero attached hydrogens (tertiary/aromatic N) is 2. The number of carboxylic acid groups (broad SMARTS) is 1. The van der Waals surface area contributed by atoms with Crippen molar-refractivity contribution in [2.75, 3.05) is 6.54 Å². The van der Waals surface area contributed by atoms with Gasteiger partial charge in [0.2, 0.25) is 0 Å². The number of hydrogen-bond donors (Lipinski definition) is 1. The van der Waals surface area contributed by atoms with Crippen LogP contribution in [0, 0.1) is 5.92 Å². The molecule has 0 radical (unpaired) electrons. The number of rotatable bonds is 6. The van der Waals surface area contributed by atoms with Gasteiger partial charge < -0.3 is 20.1 Å². The Labute approximate surface area is 168 Å². The summed E-state index contributed by atoms with van der Waals surface area (Å²) in [5, 5.41) is 14.7. The Hall–Kier alpha value is -1.79. The van der Waals surface area contributed by atoms with Gasteiger partial charge in [0.15, 0.2) is 0 Å². The van der Waals surface area contributed by atoms with E-state index in [2.05, 4.69) is 5.32 Å². The number of carbonyl (C=O) groups is 3. The number of carbonyl (C=O) groups excluding carboxylic acids is 3. The molecule has 0 spiro atoms. The first-order chi connectivity index (χ1) is 13.4. The SMILES string of the molecule is CCN(C(=O)[O-])C(C(=O)N(C(=O)NC1CCCCC1)C1CCCCC1)C(C)C. The van der Waals surface area contributed by atoms with Gasteiger partial charge in [-0.2, -0.15) is 0 Å². The molecule has 1 unspecified atom stereocenters. The third-order valence-electron chi connectivity index (χ3n) is 6.12. The van der Waals surface area contributed by atoms with Crippen LogP contribution in [0.2, 0.25) is 0 Å². The Morgan fingerprint density at radius 2 is 1.50 bits per heavy atom. The van der Waals surface area contributed by atoms with Gasteiger partial charge >= 0.3 is 6.03 Å². The van der Waals surface area contributed by atoms with Gasteiger partial charge in [0.25, 0.3) is 5.91 Å². The lowest BCUT2D eigenvalue weighted by Gasteiger charge is -2.41. The molecule has 28 heavy (non-hydrogen) atoms. The van der Waals surface area contributed by atoms with Crippen molar-refractivity contribution in [2.24, 2.45) is 5.92 Å². The van der Waals surface area contributed by atoms with Crippen molar-refractivity contribution in [3.05, 3.63) is 0 Å². The second-order valence-corrected chi connectivity index (χ2v) is 8.53. The van der Waals surface area contributed by atoms with Crippen LogP contribution in [0.1, 0.15) is 85.0 Å². The zero-order valence-corrected chi connectivity index (χ0v) is 17.6. The quantitative estimate of drug-likeness (QED) is 0.750. The third-order valence-corrected chi connectivity index (χ3v) is 6.12. The molecule has 4 amide bonds. The van der Waals surface area contributed by atoms with Crippen molar-refractivity contribution in [1.82, 2.24) is 15.1 Å². The standard InChI is InChI=1S/C21H37N3O4/c1-4-23(21(27)28)18(15(2)3)19(25)24(17-13-9-6-10-14-17)20(26)22-16-11-7-5-8-12-16/h15-18H,4-14H2,1-3H3,(H,22,26)(H,27,28)/p-1. The van der Waals surface area contributed by atoms with E-state index in [1.54, 1.807) is 6.92 Å². The van der Waals surface area contributed by atoms with Gasteiger partial charge in [-0.1, -0.05) is 52.4 Å². The first kappa shape index (κ1) is 22.5. The van der Waals surface area contributed by atoms with Gasteiger partial charge in [0.05, 0.1) is 0 Å². The fourth-order valence-electron chi connectivity index (χ4n) is 4.64. The van der Waals surface area contributed by atoms with Crippen molar-refractivity contribution < 1.29 is 19.5 Å². The first-order valence-electron chi connectivity index (χ1n) is 11.0. The van der Waals surface area contributed by atoms with Crippen LogP contribution in [0.25, 0.3) is 0 Å². The minimum absolute atomic E-state index is 0.0982. The van der Waals surface area contributed by atoms with Crippen molar-refractivity contribution in [1.29, 1.82) is 0 Å². The summed E-state index contributed by atoms with van der Waals surface area (Å²) in [6.07, 6.45) is 8.50. The molecule has 0 aromatic heterocycles. The van der Waals surface area contributed by atoms with E-state index < -0.39 is 18.0 Å². The molecule has 0 aromatic rings. The molecule has 2 aliphatic carbocycles. The second-order valence-electron chi connectivity index (χ2n) is 8.53. The monoisotopic (exact) mass is 394 g/mol. The minimum Gasteiger partial charge on any atom is -0.530 e. The van der Waals surface area contributed by atoms with E-state index in [1.807, 2.05) is 13.8 Å². The predicted molar refractivity (Wildman–Crippen MR) is 106 cm³/mol. The molecule has 0 bridgehead atoms. The number of nitrogens with one attached hydrogen (secondary N) is 1. The van der Waals surface area contributed by atoms with Crippen LogP contribution in [-0.2, 0) is 4.79 Å². The van der Waals surface area contributed by atoms with E-state index in [-0.39, 0.29) is 30.6 Å². The molecule has 7 nitrogen and oxygen atoms in total. The topological polar surface area (TPSA) is 92.8 Å². The Morgan fingerprint density at radius 3 is 1.96 bits per heavy atom. The van der Waals surface area contributed by atoms with E-state index >= 15 is 0 Å². The van der Waals surface area contributed by atoms with Gasteiger partial charge in [-0.15, -0.1) is 0 Å². The van der Waals surface area contributed by atoms with Crippen LogP contribution in [0.15, 0.2) is 0 Å². The Morgan fingerprint density at radius 1 is 0.964 bits per heavy atom. The molecule has 2 fully saturated rings. The van der Waals surface area contributed by atoms with Gasteiger partial charge in [0, 0.05) is 18.6 Å². The van der Waals surface area contributed by atoms with Crippen LogP contribution in [-0.4, -0.2) is 52.5 Å². The van der Waals surface area contributed by atoms with E-state index in [1.165, 1.54) is 11.3 Å². The summed E-state index contributed by atoms with van der Waals surface area (Å²) < 4.78 is 0. The Kier molecular flexibility index (Phi) is 8.58. The highest BCUT2D eigenvalue weighted by Gasteiger charge is 2.39. The molecule has 0 aliphatic heterocycles. The largest absolute Gasteiger partial charge is 0.530 e. The maximum Gasteiger partial charge on any atom is 0.324 e. The fourth-order valence-corrected chi connectivity index (χ4v) is 4.64. The van der Waals surface area contributed by atoms with Crippen molar-refractivity contribution >= 4 is 18.0 Å². The number of amides is 4. The summed E-state index contributed by atoms with van der Waals surface area (Å²) >= 11 is 0. The molecule has 2 aliphatic rings. The van der Waals surface area contributed by atoms with Crippen LogP contribution in [0.5, 0.6) is 0 Å². The Balaban J connectivity index is 2.25. The molecule has 2 rings (SSSR count). The van der Waals surface area contributed by atoms with Gasteiger partial charge in [-0.05, 0) is 38.5 Å². The molecular formula is C21H36N3O4-. The summed E-state index contributed by atoms with van der Waals surface area (Å²) in [4.78, 5) is 40.7. The van der Waals surface area contributed by atoms with E-state index in [4.69, 9.17) is 0 Å². The van der Waals surface area contributed by atoms with Gasteiger partial charge in [0.1, 0.15) is 12.1 Å². The molecule has 7 heteroatoms. The molecule has 0 heterocycles. The lowest BCUT2D eigenvalue weighted by molar-refractivity contribution is -0.268. The summed E-state index contributed by atoms with van der Waals surface area (Å²) in [5.41, 5.74) is 0. The van der Waals surface area contributed by atoms with Crippen LogP contribution >= 0.6 is 0 Å². The zero-order valence-electron chi connectivity index (χ0n) is 17.6. The smallest absolute Gasteiger partial charge is 0.324 e. The van der Waals surface area contributed by atoms with E-state index in [0.717, 1.165) is 62.7 Å². The number of hydrogen-bond acceptors (Lipinski definition) is 4. The maximum absolute atomic E-state index is 13.5. The van der Waals surface area contributed by atoms with E-state index in [9.17, 15) is 19.5 Å². The number of imide groups is 1.